The fourth-order valence-corrected chi connectivity index (χ4v) is 3.98. The Hall–Kier alpha value is 0.137. The first-order valence-electron chi connectivity index (χ1n) is 7.03. The molecule has 0 aliphatic carbocycles. The predicted molar refractivity (Wildman–Crippen MR) is 73.9 cm³/mol. The number of unbranched alkanes of at least 4 members (excludes halogenated alkanes) is 2. The molecule has 0 bridgehead atoms. The van der Waals surface area contributed by atoms with Gasteiger partial charge in [-0.05, 0) is 38.9 Å². The van der Waals surface area contributed by atoms with Gasteiger partial charge in [-0.15, -0.1) is 0 Å². The summed E-state index contributed by atoms with van der Waals surface area (Å²) in [6.45, 7) is 12.3. The van der Waals surface area contributed by atoms with Crippen molar-refractivity contribution in [2.24, 2.45) is 0 Å². The minimum absolute atomic E-state index is 0.696. The van der Waals surface area contributed by atoms with Crippen LogP contribution in [-0.4, -0.2) is 33.5 Å². The van der Waals surface area contributed by atoms with Crippen LogP contribution in [0.1, 0.15) is 59.8 Å². The van der Waals surface area contributed by atoms with E-state index < -0.39 is 9.20 Å². The third kappa shape index (κ3) is 7.42. The highest BCUT2D eigenvalue weighted by Gasteiger charge is 2.20. The van der Waals surface area contributed by atoms with E-state index in [1.165, 1.54) is 51.2 Å². The quantitative estimate of drug-likeness (QED) is 0.512. The maximum Gasteiger partial charge on any atom is 0.305 e. The molecule has 0 aliphatic heterocycles. The third-order valence-corrected chi connectivity index (χ3v) is 5.39. The van der Waals surface area contributed by atoms with Crippen LogP contribution in [-0.2, 0) is 4.43 Å². The van der Waals surface area contributed by atoms with Gasteiger partial charge >= 0.3 is 9.20 Å². The topological polar surface area (TPSA) is 12.5 Å². The summed E-state index contributed by atoms with van der Waals surface area (Å²) in [5, 5.41) is 0. The average Bonchev–Trinajstić information content (AvgIpc) is 2.29. The van der Waals surface area contributed by atoms with Crippen molar-refractivity contribution in [3.63, 3.8) is 0 Å². The molecule has 3 heteroatoms. The molecule has 0 aromatic heterocycles. The Labute approximate surface area is 104 Å². The van der Waals surface area contributed by atoms with Gasteiger partial charge in [-0.3, -0.25) is 0 Å². The van der Waals surface area contributed by atoms with Crippen LogP contribution in [0.25, 0.3) is 0 Å². The smallest absolute Gasteiger partial charge is 0.305 e. The molecular weight excluding hydrogens is 214 g/mol. The second-order valence-corrected chi connectivity index (χ2v) is 6.48. The van der Waals surface area contributed by atoms with Gasteiger partial charge in [0.2, 0.25) is 0 Å². The van der Waals surface area contributed by atoms with Crippen molar-refractivity contribution in [1.29, 1.82) is 0 Å². The van der Waals surface area contributed by atoms with Crippen molar-refractivity contribution < 1.29 is 4.43 Å². The number of rotatable bonds is 11. The monoisotopic (exact) mass is 244 g/mol. The first-order valence-corrected chi connectivity index (χ1v) is 8.59. The number of nitrogens with zero attached hydrogens (tertiary/aromatic N) is 1. The highest BCUT2D eigenvalue weighted by atomic mass is 28.3. The van der Waals surface area contributed by atoms with Gasteiger partial charge < -0.3 is 8.99 Å². The summed E-state index contributed by atoms with van der Waals surface area (Å²) in [5.74, 6) is 0. The van der Waals surface area contributed by atoms with Crippen LogP contribution < -0.4 is 0 Å². The van der Waals surface area contributed by atoms with Crippen LogP contribution in [0, 0.1) is 0 Å². The zero-order valence-corrected chi connectivity index (χ0v) is 12.7. The SMILES string of the molecule is CCCCN(CCCC)[Si](CCC)OCC. The van der Waals surface area contributed by atoms with E-state index in [1.54, 1.807) is 0 Å². The molecule has 0 heterocycles. The lowest BCUT2D eigenvalue weighted by molar-refractivity contribution is 0.266. The fraction of sp³-hybridized carbons (Fsp3) is 1.00. The normalized spacial score (nSPS) is 11.6. The van der Waals surface area contributed by atoms with Gasteiger partial charge in [-0.25, -0.2) is 0 Å². The maximum absolute atomic E-state index is 5.97. The van der Waals surface area contributed by atoms with E-state index in [0.29, 0.717) is 0 Å². The predicted octanol–water partition coefficient (Wildman–Crippen LogP) is 3.82. The molecule has 0 amide bonds. The van der Waals surface area contributed by atoms with Crippen LogP contribution in [0.15, 0.2) is 0 Å². The molecule has 0 saturated heterocycles. The van der Waals surface area contributed by atoms with Crippen molar-refractivity contribution in [2.45, 2.75) is 65.8 Å². The van der Waals surface area contributed by atoms with Crippen LogP contribution in [0.2, 0.25) is 6.04 Å². The molecule has 0 aromatic rings. The van der Waals surface area contributed by atoms with E-state index in [1.807, 2.05) is 0 Å². The summed E-state index contributed by atoms with van der Waals surface area (Å²) in [6, 6.07) is 1.27. The maximum atomic E-state index is 5.97. The Bertz CT molecular complexity index is 130. The van der Waals surface area contributed by atoms with E-state index in [4.69, 9.17) is 4.43 Å². The molecule has 0 unspecified atom stereocenters. The molecule has 0 aliphatic rings. The highest BCUT2D eigenvalue weighted by molar-refractivity contribution is 6.48. The summed E-state index contributed by atoms with van der Waals surface area (Å²) in [5.41, 5.74) is 0. The van der Waals surface area contributed by atoms with E-state index in [9.17, 15) is 0 Å². The highest BCUT2D eigenvalue weighted by Crippen LogP contribution is 2.09. The lowest BCUT2D eigenvalue weighted by Crippen LogP contribution is -2.43. The Morgan fingerprint density at radius 1 is 0.875 bits per heavy atom. The molecule has 0 fully saturated rings. The van der Waals surface area contributed by atoms with Crippen molar-refractivity contribution in [2.75, 3.05) is 19.7 Å². The van der Waals surface area contributed by atoms with Gasteiger partial charge in [0.15, 0.2) is 0 Å². The molecule has 0 spiro atoms. The van der Waals surface area contributed by atoms with Crippen molar-refractivity contribution in [3.05, 3.63) is 0 Å². The number of hydrogen-bond donors (Lipinski definition) is 0. The molecule has 1 radical (unpaired) electrons. The molecule has 0 atom stereocenters. The summed E-state index contributed by atoms with van der Waals surface area (Å²) in [4.78, 5) is 0. The molecule has 0 rings (SSSR count). The van der Waals surface area contributed by atoms with Gasteiger partial charge in [0.1, 0.15) is 0 Å². The van der Waals surface area contributed by atoms with E-state index in [0.717, 1.165) is 6.61 Å². The average molecular weight is 244 g/mol. The third-order valence-electron chi connectivity index (χ3n) is 2.69. The summed E-state index contributed by atoms with van der Waals surface area (Å²) in [7, 11) is -0.696. The zero-order chi connectivity index (χ0) is 12.2. The molecule has 97 valence electrons. The van der Waals surface area contributed by atoms with Gasteiger partial charge in [-0.1, -0.05) is 40.0 Å². The molecule has 0 aromatic carbocycles. The minimum Gasteiger partial charge on any atom is -0.403 e. The molecule has 0 N–H and O–H groups in total. The van der Waals surface area contributed by atoms with Gasteiger partial charge in [0.25, 0.3) is 0 Å². The standard InChI is InChI=1S/C13H30NOSi/c1-5-9-11-14(12-10-6-2)16(13-7-3)15-8-4/h5-13H2,1-4H3. The van der Waals surface area contributed by atoms with E-state index >= 15 is 0 Å². The molecular formula is C13H30NOSi. The van der Waals surface area contributed by atoms with Crippen molar-refractivity contribution in [1.82, 2.24) is 4.57 Å². The van der Waals surface area contributed by atoms with Crippen molar-refractivity contribution >= 4 is 9.20 Å². The first kappa shape index (κ1) is 16.1. The van der Waals surface area contributed by atoms with Crippen LogP contribution in [0.3, 0.4) is 0 Å². The second kappa shape index (κ2) is 11.6. The van der Waals surface area contributed by atoms with Crippen LogP contribution in [0.5, 0.6) is 0 Å². The largest absolute Gasteiger partial charge is 0.403 e. The number of hydrogen-bond acceptors (Lipinski definition) is 2. The Balaban J connectivity index is 4.15. The van der Waals surface area contributed by atoms with E-state index in [2.05, 4.69) is 32.3 Å². The lowest BCUT2D eigenvalue weighted by atomic mass is 10.3. The van der Waals surface area contributed by atoms with Crippen LogP contribution >= 0.6 is 0 Å². The Morgan fingerprint density at radius 2 is 1.44 bits per heavy atom. The van der Waals surface area contributed by atoms with Crippen molar-refractivity contribution in [3.8, 4) is 0 Å². The second-order valence-electron chi connectivity index (χ2n) is 4.27. The van der Waals surface area contributed by atoms with Gasteiger partial charge in [0.05, 0.1) is 0 Å². The summed E-state index contributed by atoms with van der Waals surface area (Å²) >= 11 is 0. The fourth-order valence-electron chi connectivity index (χ4n) is 1.76. The minimum atomic E-state index is -0.696. The summed E-state index contributed by atoms with van der Waals surface area (Å²) < 4.78 is 8.61. The first-order chi connectivity index (χ1) is 7.79. The Kier molecular flexibility index (Phi) is 11.7. The summed E-state index contributed by atoms with van der Waals surface area (Å²) in [6.07, 6.45) is 6.46. The van der Waals surface area contributed by atoms with E-state index in [-0.39, 0.29) is 0 Å². The van der Waals surface area contributed by atoms with Crippen LogP contribution in [0.4, 0.5) is 0 Å². The molecule has 2 nitrogen and oxygen atoms in total. The van der Waals surface area contributed by atoms with Gasteiger partial charge in [0, 0.05) is 6.61 Å². The lowest BCUT2D eigenvalue weighted by Gasteiger charge is -2.28. The molecule has 16 heavy (non-hydrogen) atoms. The van der Waals surface area contributed by atoms with Gasteiger partial charge in [-0.2, -0.15) is 0 Å². The Morgan fingerprint density at radius 3 is 1.81 bits per heavy atom. The molecule has 0 saturated carbocycles. The zero-order valence-electron chi connectivity index (χ0n) is 11.7.